The first-order chi connectivity index (χ1) is 15.9. The maximum atomic E-state index is 12.7. The van der Waals surface area contributed by atoms with E-state index in [0.29, 0.717) is 21.4 Å². The summed E-state index contributed by atoms with van der Waals surface area (Å²) < 4.78 is 27.5. The fourth-order valence-corrected chi connectivity index (χ4v) is 6.61. The van der Waals surface area contributed by atoms with Gasteiger partial charge in [-0.2, -0.15) is 0 Å². The van der Waals surface area contributed by atoms with Crippen molar-refractivity contribution in [1.82, 2.24) is 4.98 Å². The zero-order chi connectivity index (χ0) is 23.0. The molecule has 2 heterocycles. The first-order valence-corrected chi connectivity index (χ1v) is 13.5. The molecular weight excluding hydrogens is 498 g/mol. The molecule has 5 rings (SSSR count). The zero-order valence-electron chi connectivity index (χ0n) is 16.9. The fraction of sp³-hybridized carbons (Fsp3) is 0.0435. The van der Waals surface area contributed by atoms with E-state index in [1.165, 1.54) is 40.5 Å². The summed E-state index contributed by atoms with van der Waals surface area (Å²) in [5.41, 5.74) is 2.74. The fourth-order valence-electron chi connectivity index (χ4n) is 3.33. The molecule has 166 valence electrons. The van der Waals surface area contributed by atoms with Gasteiger partial charge in [-0.15, -0.1) is 23.1 Å². The number of thioether (sulfide) groups is 1. The van der Waals surface area contributed by atoms with Crippen molar-refractivity contribution in [2.75, 3.05) is 10.0 Å². The predicted molar refractivity (Wildman–Crippen MR) is 134 cm³/mol. The first-order valence-electron chi connectivity index (χ1n) is 9.81. The molecule has 4 aromatic rings. The summed E-state index contributed by atoms with van der Waals surface area (Å²) in [5, 5.41) is 3.84. The number of carbonyl (C=O) groups is 1. The number of rotatable bonds is 5. The molecule has 0 saturated heterocycles. The number of sulfonamides is 1. The molecule has 1 aliphatic heterocycles. The van der Waals surface area contributed by atoms with Gasteiger partial charge in [0.05, 0.1) is 10.6 Å². The number of benzene rings is 3. The summed E-state index contributed by atoms with van der Waals surface area (Å²) in [6, 6.07) is 20.2. The van der Waals surface area contributed by atoms with E-state index in [-0.39, 0.29) is 10.8 Å². The highest BCUT2D eigenvalue weighted by atomic mass is 35.5. The molecule has 6 nitrogen and oxygen atoms in total. The van der Waals surface area contributed by atoms with Crippen LogP contribution in [-0.2, 0) is 15.8 Å². The summed E-state index contributed by atoms with van der Waals surface area (Å²) in [4.78, 5) is 19.8. The normalized spacial score (nSPS) is 12.5. The molecule has 1 amide bonds. The Labute approximate surface area is 204 Å². The third-order valence-corrected chi connectivity index (χ3v) is 8.84. The van der Waals surface area contributed by atoms with E-state index < -0.39 is 10.0 Å². The van der Waals surface area contributed by atoms with Gasteiger partial charge in [0.1, 0.15) is 0 Å². The number of anilines is 2. The van der Waals surface area contributed by atoms with Crippen molar-refractivity contribution in [1.29, 1.82) is 0 Å². The number of amides is 1. The zero-order valence-corrected chi connectivity index (χ0v) is 20.1. The number of fused-ring (bicyclic) bond motifs is 3. The number of nitrogens with zero attached hydrogens (tertiary/aromatic N) is 1. The van der Waals surface area contributed by atoms with E-state index in [1.807, 2.05) is 18.2 Å². The van der Waals surface area contributed by atoms with E-state index in [0.717, 1.165) is 21.9 Å². The second-order valence-corrected chi connectivity index (χ2v) is 11.4. The largest absolute Gasteiger partial charge is 0.298 e. The molecule has 33 heavy (non-hydrogen) atoms. The maximum absolute atomic E-state index is 12.7. The van der Waals surface area contributed by atoms with Crippen molar-refractivity contribution in [3.63, 3.8) is 0 Å². The molecule has 0 fully saturated rings. The molecule has 1 aliphatic rings. The minimum atomic E-state index is -3.76. The molecule has 3 aromatic carbocycles. The molecule has 0 spiro atoms. The van der Waals surface area contributed by atoms with Crippen molar-refractivity contribution in [2.24, 2.45) is 0 Å². The number of hydrogen-bond acceptors (Lipinski definition) is 6. The SMILES string of the molecule is O=C(Nc1nc2c(s1)CSc1ccccc1-2)c1ccc(NS(=O)(=O)c2ccc(Cl)cc2)cc1. The Morgan fingerprint density at radius 3 is 2.45 bits per heavy atom. The van der Waals surface area contributed by atoms with E-state index in [9.17, 15) is 13.2 Å². The number of nitrogens with one attached hydrogen (secondary N) is 2. The second-order valence-electron chi connectivity index (χ2n) is 7.17. The van der Waals surface area contributed by atoms with E-state index in [1.54, 1.807) is 36.0 Å². The number of thiazole rings is 1. The monoisotopic (exact) mass is 513 g/mol. The van der Waals surface area contributed by atoms with Crippen LogP contribution in [-0.4, -0.2) is 19.3 Å². The van der Waals surface area contributed by atoms with Gasteiger partial charge in [-0.25, -0.2) is 13.4 Å². The second kappa shape index (κ2) is 8.83. The van der Waals surface area contributed by atoms with Gasteiger partial charge in [-0.3, -0.25) is 14.8 Å². The Morgan fingerprint density at radius 2 is 1.70 bits per heavy atom. The van der Waals surface area contributed by atoms with Crippen molar-refractivity contribution >= 4 is 61.4 Å². The molecule has 0 radical (unpaired) electrons. The molecule has 0 atom stereocenters. The highest BCUT2D eigenvalue weighted by Gasteiger charge is 2.22. The number of carbonyl (C=O) groups excluding carboxylic acids is 1. The predicted octanol–water partition coefficient (Wildman–Crippen LogP) is 6.12. The first kappa shape index (κ1) is 22.0. The summed E-state index contributed by atoms with van der Waals surface area (Å²) in [7, 11) is -3.76. The topological polar surface area (TPSA) is 88.2 Å². The molecule has 0 bridgehead atoms. The van der Waals surface area contributed by atoms with Gasteiger partial charge in [-0.05, 0) is 54.6 Å². The summed E-state index contributed by atoms with van der Waals surface area (Å²) in [6.45, 7) is 0. The highest BCUT2D eigenvalue weighted by Crippen LogP contribution is 2.44. The minimum Gasteiger partial charge on any atom is -0.298 e. The maximum Gasteiger partial charge on any atom is 0.261 e. The summed E-state index contributed by atoms with van der Waals surface area (Å²) >= 11 is 9.05. The van der Waals surface area contributed by atoms with Crippen LogP contribution in [0.1, 0.15) is 15.2 Å². The van der Waals surface area contributed by atoms with Crippen molar-refractivity contribution < 1.29 is 13.2 Å². The van der Waals surface area contributed by atoms with Gasteiger partial charge in [0, 0.05) is 37.4 Å². The Kier molecular flexibility index (Phi) is 5.88. The van der Waals surface area contributed by atoms with Crippen LogP contribution in [0.5, 0.6) is 0 Å². The van der Waals surface area contributed by atoms with Crippen molar-refractivity contribution in [2.45, 2.75) is 15.5 Å². The lowest BCUT2D eigenvalue weighted by Crippen LogP contribution is -2.14. The third-order valence-electron chi connectivity index (χ3n) is 4.94. The average Bonchev–Trinajstić information content (AvgIpc) is 3.22. The van der Waals surface area contributed by atoms with Gasteiger partial charge < -0.3 is 0 Å². The Hall–Kier alpha value is -2.85. The van der Waals surface area contributed by atoms with Crippen LogP contribution in [0.15, 0.2) is 82.6 Å². The van der Waals surface area contributed by atoms with Crippen LogP contribution < -0.4 is 10.0 Å². The lowest BCUT2D eigenvalue weighted by molar-refractivity contribution is 0.102. The molecule has 2 N–H and O–H groups in total. The van der Waals surface area contributed by atoms with Gasteiger partial charge in [0.15, 0.2) is 5.13 Å². The lowest BCUT2D eigenvalue weighted by Gasteiger charge is -2.13. The van der Waals surface area contributed by atoms with Crippen LogP contribution in [0.25, 0.3) is 11.3 Å². The van der Waals surface area contributed by atoms with Gasteiger partial charge in [-0.1, -0.05) is 29.8 Å². The molecule has 10 heteroatoms. The highest BCUT2D eigenvalue weighted by molar-refractivity contribution is 7.98. The smallest absolute Gasteiger partial charge is 0.261 e. The number of hydrogen-bond donors (Lipinski definition) is 2. The Balaban J connectivity index is 1.29. The van der Waals surface area contributed by atoms with E-state index in [4.69, 9.17) is 11.6 Å². The van der Waals surface area contributed by atoms with Crippen LogP contribution in [0.4, 0.5) is 10.8 Å². The average molecular weight is 514 g/mol. The Bertz CT molecular complexity index is 1450. The Morgan fingerprint density at radius 1 is 0.970 bits per heavy atom. The molecule has 1 aromatic heterocycles. The number of aromatic nitrogens is 1. The van der Waals surface area contributed by atoms with E-state index >= 15 is 0 Å². The quantitative estimate of drug-likeness (QED) is 0.335. The van der Waals surface area contributed by atoms with Gasteiger partial charge >= 0.3 is 0 Å². The molecule has 0 saturated carbocycles. The number of halogens is 1. The molecule has 0 aliphatic carbocycles. The van der Waals surface area contributed by atoms with Crippen molar-refractivity contribution in [3.8, 4) is 11.3 Å². The van der Waals surface area contributed by atoms with Gasteiger partial charge in [0.25, 0.3) is 15.9 Å². The van der Waals surface area contributed by atoms with E-state index in [2.05, 4.69) is 21.1 Å². The third kappa shape index (κ3) is 4.63. The van der Waals surface area contributed by atoms with Crippen LogP contribution in [0.2, 0.25) is 5.02 Å². The standard InChI is InChI=1S/C23H16ClN3O3S3/c24-15-7-11-17(12-8-15)33(29,30)27-16-9-5-14(6-10-16)22(28)26-23-25-21-18-3-1-2-4-19(18)31-13-20(21)32-23/h1-12,27H,13H2,(H,25,26,28). The molecular formula is C23H16ClN3O3S3. The minimum absolute atomic E-state index is 0.0983. The molecule has 0 unspecified atom stereocenters. The summed E-state index contributed by atoms with van der Waals surface area (Å²) in [6.07, 6.45) is 0. The van der Waals surface area contributed by atoms with Crippen LogP contribution in [0, 0.1) is 0 Å². The van der Waals surface area contributed by atoms with Crippen molar-refractivity contribution in [3.05, 3.63) is 88.3 Å². The lowest BCUT2D eigenvalue weighted by atomic mass is 10.1. The van der Waals surface area contributed by atoms with Crippen LogP contribution in [0.3, 0.4) is 0 Å². The van der Waals surface area contributed by atoms with Gasteiger partial charge in [0.2, 0.25) is 0 Å². The summed E-state index contributed by atoms with van der Waals surface area (Å²) in [5.74, 6) is 0.511. The van der Waals surface area contributed by atoms with Crippen LogP contribution >= 0.6 is 34.7 Å².